The number of esters is 1. The summed E-state index contributed by atoms with van der Waals surface area (Å²) in [5.41, 5.74) is 1.72. The Balaban J connectivity index is 1.93. The van der Waals surface area contributed by atoms with E-state index in [4.69, 9.17) is 14.5 Å². The molecule has 0 saturated carbocycles. The maximum Gasteiger partial charge on any atom is 0.337 e. The zero-order valence-corrected chi connectivity index (χ0v) is 19.1. The van der Waals surface area contributed by atoms with Gasteiger partial charge in [-0.05, 0) is 55.6 Å². The fourth-order valence-electron chi connectivity index (χ4n) is 3.22. The van der Waals surface area contributed by atoms with E-state index in [-0.39, 0.29) is 5.91 Å². The molecule has 0 atom stereocenters. The van der Waals surface area contributed by atoms with E-state index in [2.05, 4.69) is 18.7 Å². The number of ether oxygens (including phenoxy) is 2. The first-order valence-corrected chi connectivity index (χ1v) is 11.0. The molecule has 0 unspecified atom stereocenters. The van der Waals surface area contributed by atoms with Crippen LogP contribution in [0.4, 0.5) is 5.13 Å². The van der Waals surface area contributed by atoms with Gasteiger partial charge in [0.15, 0.2) is 5.13 Å². The van der Waals surface area contributed by atoms with Gasteiger partial charge in [-0.25, -0.2) is 9.78 Å². The number of nitrogens with zero attached hydrogens (tertiary/aromatic N) is 3. The van der Waals surface area contributed by atoms with Crippen molar-refractivity contribution in [2.45, 2.75) is 13.8 Å². The monoisotopic (exact) mass is 441 g/mol. The summed E-state index contributed by atoms with van der Waals surface area (Å²) >= 11 is 1.46. The lowest BCUT2D eigenvalue weighted by molar-refractivity contribution is 0.0600. The van der Waals surface area contributed by atoms with Crippen molar-refractivity contribution in [2.24, 2.45) is 0 Å². The summed E-state index contributed by atoms with van der Waals surface area (Å²) in [6.45, 7) is 7.26. The molecular weight excluding hydrogens is 414 g/mol. The lowest BCUT2D eigenvalue weighted by Crippen LogP contribution is -2.38. The molecule has 0 aliphatic carbocycles. The number of hydrogen-bond acceptors (Lipinski definition) is 7. The summed E-state index contributed by atoms with van der Waals surface area (Å²) in [6.07, 6.45) is 0. The summed E-state index contributed by atoms with van der Waals surface area (Å²) in [5.74, 6) is 0.161. The highest BCUT2D eigenvalue weighted by Gasteiger charge is 2.22. The van der Waals surface area contributed by atoms with Gasteiger partial charge in [0.25, 0.3) is 5.91 Å². The molecule has 0 radical (unpaired) electrons. The Hall–Kier alpha value is -2.97. The minimum absolute atomic E-state index is 0.158. The molecule has 1 aromatic heterocycles. The van der Waals surface area contributed by atoms with Gasteiger partial charge in [-0.1, -0.05) is 25.2 Å². The Kier molecular flexibility index (Phi) is 7.59. The number of hydrogen-bond donors (Lipinski definition) is 0. The molecule has 1 amide bonds. The number of thiazole rings is 1. The van der Waals surface area contributed by atoms with E-state index in [9.17, 15) is 9.59 Å². The van der Waals surface area contributed by atoms with Gasteiger partial charge in [0, 0.05) is 18.7 Å². The highest BCUT2D eigenvalue weighted by Crippen LogP contribution is 2.32. The molecule has 7 nitrogen and oxygen atoms in total. The molecule has 0 fully saturated rings. The van der Waals surface area contributed by atoms with Crippen LogP contribution >= 0.6 is 11.3 Å². The van der Waals surface area contributed by atoms with Crippen molar-refractivity contribution in [3.8, 4) is 5.75 Å². The van der Waals surface area contributed by atoms with E-state index < -0.39 is 5.97 Å². The topological polar surface area (TPSA) is 72.0 Å². The Morgan fingerprint density at radius 2 is 1.65 bits per heavy atom. The van der Waals surface area contributed by atoms with E-state index in [0.29, 0.717) is 22.8 Å². The minimum atomic E-state index is -0.433. The molecule has 164 valence electrons. The maximum atomic E-state index is 13.4. The van der Waals surface area contributed by atoms with E-state index in [1.807, 2.05) is 18.2 Å². The summed E-state index contributed by atoms with van der Waals surface area (Å²) in [4.78, 5) is 33.8. The molecule has 0 bridgehead atoms. The first kappa shape index (κ1) is 22.7. The van der Waals surface area contributed by atoms with Crippen LogP contribution in [0.3, 0.4) is 0 Å². The third kappa shape index (κ3) is 5.21. The van der Waals surface area contributed by atoms with E-state index >= 15 is 0 Å². The van der Waals surface area contributed by atoms with Crippen LogP contribution in [0.15, 0.2) is 42.5 Å². The highest BCUT2D eigenvalue weighted by atomic mass is 32.1. The number of carbonyl (C=O) groups is 2. The van der Waals surface area contributed by atoms with Crippen molar-refractivity contribution in [1.82, 2.24) is 9.88 Å². The Labute approximate surface area is 186 Å². The molecule has 3 rings (SSSR count). The summed E-state index contributed by atoms with van der Waals surface area (Å²) < 4.78 is 11.0. The maximum absolute atomic E-state index is 13.4. The van der Waals surface area contributed by atoms with Gasteiger partial charge in [-0.3, -0.25) is 9.69 Å². The predicted molar refractivity (Wildman–Crippen MR) is 123 cm³/mol. The predicted octanol–water partition coefficient (Wildman–Crippen LogP) is 4.08. The van der Waals surface area contributed by atoms with Crippen LogP contribution in [-0.2, 0) is 4.74 Å². The molecule has 0 aliphatic rings. The number of rotatable bonds is 9. The lowest BCUT2D eigenvalue weighted by Gasteiger charge is -2.24. The third-order valence-electron chi connectivity index (χ3n) is 5.15. The lowest BCUT2D eigenvalue weighted by atomic mass is 10.1. The van der Waals surface area contributed by atoms with Crippen molar-refractivity contribution >= 4 is 38.6 Å². The first-order valence-electron chi connectivity index (χ1n) is 10.2. The SMILES string of the molecule is CCN(CC)CCN(C(=O)c1ccc(C(=O)OC)cc1)c1nc2ccc(OC)cc2s1. The van der Waals surface area contributed by atoms with Gasteiger partial charge >= 0.3 is 5.97 Å². The van der Waals surface area contributed by atoms with Crippen LogP contribution in [0.1, 0.15) is 34.6 Å². The van der Waals surface area contributed by atoms with E-state index in [0.717, 1.165) is 35.6 Å². The summed E-state index contributed by atoms with van der Waals surface area (Å²) in [7, 11) is 2.96. The van der Waals surface area contributed by atoms with E-state index in [1.54, 1.807) is 36.3 Å². The number of methoxy groups -OCH3 is 2. The molecule has 31 heavy (non-hydrogen) atoms. The number of carbonyl (C=O) groups excluding carboxylic acids is 2. The Bertz CT molecular complexity index is 1040. The Morgan fingerprint density at radius 1 is 0.968 bits per heavy atom. The van der Waals surface area contributed by atoms with Crippen molar-refractivity contribution in [3.05, 3.63) is 53.6 Å². The average Bonchev–Trinajstić information content (AvgIpc) is 3.24. The van der Waals surface area contributed by atoms with Crippen molar-refractivity contribution in [1.29, 1.82) is 0 Å². The zero-order valence-electron chi connectivity index (χ0n) is 18.3. The van der Waals surface area contributed by atoms with Crippen LogP contribution in [0.25, 0.3) is 10.2 Å². The fraction of sp³-hybridized carbons (Fsp3) is 0.348. The van der Waals surface area contributed by atoms with Crippen LogP contribution in [-0.4, -0.2) is 62.2 Å². The van der Waals surface area contributed by atoms with Crippen LogP contribution in [0.5, 0.6) is 5.75 Å². The molecule has 0 aliphatic heterocycles. The quantitative estimate of drug-likeness (QED) is 0.466. The molecule has 0 spiro atoms. The second-order valence-electron chi connectivity index (χ2n) is 6.88. The van der Waals surface area contributed by atoms with Gasteiger partial charge in [0.2, 0.25) is 0 Å². The summed E-state index contributed by atoms with van der Waals surface area (Å²) in [5, 5.41) is 0.637. The molecular formula is C23H27N3O4S. The number of anilines is 1. The van der Waals surface area contributed by atoms with Gasteiger partial charge in [-0.2, -0.15) is 0 Å². The van der Waals surface area contributed by atoms with Crippen molar-refractivity contribution in [2.75, 3.05) is 45.3 Å². The van der Waals surface area contributed by atoms with E-state index in [1.165, 1.54) is 18.4 Å². The Morgan fingerprint density at radius 3 is 2.26 bits per heavy atom. The zero-order chi connectivity index (χ0) is 22.4. The summed E-state index contributed by atoms with van der Waals surface area (Å²) in [6, 6.07) is 12.2. The second-order valence-corrected chi connectivity index (χ2v) is 7.89. The van der Waals surface area contributed by atoms with Gasteiger partial charge in [0.1, 0.15) is 5.75 Å². The van der Waals surface area contributed by atoms with Crippen LogP contribution in [0, 0.1) is 0 Å². The molecule has 8 heteroatoms. The first-order chi connectivity index (χ1) is 15.0. The normalized spacial score (nSPS) is 11.0. The average molecular weight is 442 g/mol. The van der Waals surface area contributed by atoms with Gasteiger partial charge in [-0.15, -0.1) is 0 Å². The number of likely N-dealkylation sites (N-methyl/N-ethyl adjacent to an activating group) is 1. The van der Waals surface area contributed by atoms with Crippen LogP contribution < -0.4 is 9.64 Å². The third-order valence-corrected chi connectivity index (χ3v) is 6.19. The van der Waals surface area contributed by atoms with Crippen LogP contribution in [0.2, 0.25) is 0 Å². The number of fused-ring (bicyclic) bond motifs is 1. The number of aromatic nitrogens is 1. The second kappa shape index (κ2) is 10.4. The highest BCUT2D eigenvalue weighted by molar-refractivity contribution is 7.22. The van der Waals surface area contributed by atoms with Gasteiger partial charge in [0.05, 0.1) is 30.0 Å². The van der Waals surface area contributed by atoms with Crippen molar-refractivity contribution in [3.63, 3.8) is 0 Å². The molecule has 0 saturated heterocycles. The smallest absolute Gasteiger partial charge is 0.337 e. The van der Waals surface area contributed by atoms with Crippen molar-refractivity contribution < 1.29 is 19.1 Å². The molecule has 0 N–H and O–H groups in total. The molecule has 3 aromatic rings. The largest absolute Gasteiger partial charge is 0.497 e. The number of benzene rings is 2. The standard InChI is InChI=1S/C23H27N3O4S/c1-5-25(6-2)13-14-26(21(27)16-7-9-17(10-8-16)22(28)30-4)23-24-19-12-11-18(29-3)15-20(19)31-23/h7-12,15H,5-6,13-14H2,1-4H3. The number of amides is 1. The molecule has 1 heterocycles. The molecule has 2 aromatic carbocycles. The fourth-order valence-corrected chi connectivity index (χ4v) is 4.24. The minimum Gasteiger partial charge on any atom is -0.497 e. The van der Waals surface area contributed by atoms with Gasteiger partial charge < -0.3 is 14.4 Å².